The second-order valence-electron chi connectivity index (χ2n) is 4.56. The van der Waals surface area contributed by atoms with Gasteiger partial charge < -0.3 is 15.8 Å². The van der Waals surface area contributed by atoms with Gasteiger partial charge in [0.1, 0.15) is 0 Å². The van der Waals surface area contributed by atoms with Crippen molar-refractivity contribution in [2.45, 2.75) is 51.7 Å². The normalized spacial score (nSPS) is 29.0. The third-order valence-electron chi connectivity index (χ3n) is 3.33. The standard InChI is InChI=1S/C12H26N2O/c1-3-15-10(2)9-14-12-7-5-4-6-11(12)8-13/h10-12,14H,3-9,13H2,1-2H3. The fourth-order valence-corrected chi connectivity index (χ4v) is 2.42. The summed E-state index contributed by atoms with van der Waals surface area (Å²) in [6.45, 7) is 6.74. The highest BCUT2D eigenvalue weighted by molar-refractivity contribution is 4.81. The molecule has 90 valence electrons. The van der Waals surface area contributed by atoms with Crippen LogP contribution in [0.25, 0.3) is 0 Å². The molecular weight excluding hydrogens is 188 g/mol. The molecule has 0 saturated heterocycles. The SMILES string of the molecule is CCOC(C)CNC1CCCCC1CN. The molecule has 0 bridgehead atoms. The van der Waals surface area contributed by atoms with E-state index in [1.165, 1.54) is 25.7 Å². The van der Waals surface area contributed by atoms with Crippen molar-refractivity contribution in [2.75, 3.05) is 19.7 Å². The largest absolute Gasteiger partial charge is 0.377 e. The molecule has 3 unspecified atom stereocenters. The molecule has 3 nitrogen and oxygen atoms in total. The lowest BCUT2D eigenvalue weighted by Gasteiger charge is -2.32. The second kappa shape index (κ2) is 7.20. The summed E-state index contributed by atoms with van der Waals surface area (Å²) in [4.78, 5) is 0. The van der Waals surface area contributed by atoms with Crippen molar-refractivity contribution in [1.82, 2.24) is 5.32 Å². The highest BCUT2D eigenvalue weighted by atomic mass is 16.5. The van der Waals surface area contributed by atoms with Crippen LogP contribution in [-0.4, -0.2) is 31.8 Å². The second-order valence-corrected chi connectivity index (χ2v) is 4.56. The summed E-state index contributed by atoms with van der Waals surface area (Å²) in [5.41, 5.74) is 5.79. The van der Waals surface area contributed by atoms with E-state index in [0.29, 0.717) is 18.1 Å². The first-order chi connectivity index (χ1) is 7.27. The van der Waals surface area contributed by atoms with Crippen LogP contribution in [0, 0.1) is 5.92 Å². The van der Waals surface area contributed by atoms with Crippen molar-refractivity contribution in [1.29, 1.82) is 0 Å². The number of hydrogen-bond acceptors (Lipinski definition) is 3. The van der Waals surface area contributed by atoms with Gasteiger partial charge in [-0.2, -0.15) is 0 Å². The lowest BCUT2D eigenvalue weighted by atomic mass is 9.84. The molecule has 1 aliphatic rings. The van der Waals surface area contributed by atoms with E-state index in [-0.39, 0.29) is 0 Å². The van der Waals surface area contributed by atoms with Gasteiger partial charge in [-0.25, -0.2) is 0 Å². The predicted molar refractivity (Wildman–Crippen MR) is 63.9 cm³/mol. The van der Waals surface area contributed by atoms with E-state index >= 15 is 0 Å². The van der Waals surface area contributed by atoms with Crippen LogP contribution in [0.1, 0.15) is 39.5 Å². The van der Waals surface area contributed by atoms with Gasteiger partial charge in [-0.3, -0.25) is 0 Å². The van der Waals surface area contributed by atoms with Crippen LogP contribution in [-0.2, 0) is 4.74 Å². The van der Waals surface area contributed by atoms with Gasteiger partial charge in [0.25, 0.3) is 0 Å². The number of rotatable bonds is 6. The zero-order chi connectivity index (χ0) is 11.1. The summed E-state index contributed by atoms with van der Waals surface area (Å²) in [7, 11) is 0. The highest BCUT2D eigenvalue weighted by Crippen LogP contribution is 2.23. The van der Waals surface area contributed by atoms with Gasteiger partial charge in [0.2, 0.25) is 0 Å². The number of nitrogens with two attached hydrogens (primary N) is 1. The van der Waals surface area contributed by atoms with Gasteiger partial charge in [-0.05, 0) is 39.2 Å². The Morgan fingerprint density at radius 1 is 1.40 bits per heavy atom. The van der Waals surface area contributed by atoms with Crippen LogP contribution in [0.4, 0.5) is 0 Å². The van der Waals surface area contributed by atoms with Crippen LogP contribution in [0.5, 0.6) is 0 Å². The van der Waals surface area contributed by atoms with Crippen molar-refractivity contribution in [3.05, 3.63) is 0 Å². The molecule has 0 aromatic carbocycles. The Morgan fingerprint density at radius 2 is 2.13 bits per heavy atom. The zero-order valence-electron chi connectivity index (χ0n) is 10.2. The van der Waals surface area contributed by atoms with Gasteiger partial charge in [0.05, 0.1) is 6.10 Å². The van der Waals surface area contributed by atoms with Crippen LogP contribution >= 0.6 is 0 Å². The molecule has 3 heteroatoms. The number of nitrogens with one attached hydrogen (secondary N) is 1. The lowest BCUT2D eigenvalue weighted by molar-refractivity contribution is 0.0703. The summed E-state index contributed by atoms with van der Waals surface area (Å²) >= 11 is 0. The Labute approximate surface area is 93.8 Å². The topological polar surface area (TPSA) is 47.3 Å². The smallest absolute Gasteiger partial charge is 0.0671 e. The molecule has 0 aliphatic heterocycles. The zero-order valence-corrected chi connectivity index (χ0v) is 10.2. The molecule has 0 aromatic heterocycles. The van der Waals surface area contributed by atoms with E-state index < -0.39 is 0 Å². The molecule has 1 fully saturated rings. The maximum absolute atomic E-state index is 5.79. The van der Waals surface area contributed by atoms with Gasteiger partial charge >= 0.3 is 0 Å². The Bertz CT molecular complexity index is 164. The minimum absolute atomic E-state index is 0.315. The molecule has 3 N–H and O–H groups in total. The quantitative estimate of drug-likeness (QED) is 0.705. The molecule has 0 amide bonds. The molecule has 0 heterocycles. The third-order valence-corrected chi connectivity index (χ3v) is 3.33. The number of ether oxygens (including phenoxy) is 1. The minimum atomic E-state index is 0.315. The fourth-order valence-electron chi connectivity index (χ4n) is 2.42. The van der Waals surface area contributed by atoms with E-state index in [9.17, 15) is 0 Å². The van der Waals surface area contributed by atoms with E-state index in [1.807, 2.05) is 6.92 Å². The van der Waals surface area contributed by atoms with E-state index in [0.717, 1.165) is 19.7 Å². The lowest BCUT2D eigenvalue weighted by Crippen LogP contribution is -2.44. The summed E-state index contributed by atoms with van der Waals surface area (Å²) in [5, 5.41) is 3.60. The van der Waals surface area contributed by atoms with E-state index in [2.05, 4.69) is 12.2 Å². The van der Waals surface area contributed by atoms with Crippen molar-refractivity contribution in [3.63, 3.8) is 0 Å². The molecule has 1 aliphatic carbocycles. The van der Waals surface area contributed by atoms with Gasteiger partial charge in [0, 0.05) is 19.2 Å². The maximum Gasteiger partial charge on any atom is 0.0671 e. The predicted octanol–water partition coefficient (Wildman–Crippen LogP) is 1.52. The van der Waals surface area contributed by atoms with Crippen molar-refractivity contribution < 1.29 is 4.74 Å². The molecule has 3 atom stereocenters. The summed E-state index contributed by atoms with van der Waals surface area (Å²) in [6, 6.07) is 0.617. The number of hydrogen-bond donors (Lipinski definition) is 2. The Balaban J connectivity index is 2.22. The van der Waals surface area contributed by atoms with Crippen LogP contribution < -0.4 is 11.1 Å². The van der Waals surface area contributed by atoms with Crippen molar-refractivity contribution in [2.24, 2.45) is 11.7 Å². The summed E-state index contributed by atoms with van der Waals surface area (Å²) in [6.07, 6.45) is 5.58. The summed E-state index contributed by atoms with van der Waals surface area (Å²) < 4.78 is 5.51. The molecule has 15 heavy (non-hydrogen) atoms. The van der Waals surface area contributed by atoms with Crippen molar-refractivity contribution >= 4 is 0 Å². The first-order valence-corrected chi connectivity index (χ1v) is 6.33. The monoisotopic (exact) mass is 214 g/mol. The Morgan fingerprint density at radius 3 is 2.80 bits per heavy atom. The molecule has 0 aromatic rings. The molecule has 0 spiro atoms. The van der Waals surface area contributed by atoms with Gasteiger partial charge in [0.15, 0.2) is 0 Å². The van der Waals surface area contributed by atoms with Gasteiger partial charge in [-0.1, -0.05) is 12.8 Å². The first kappa shape index (κ1) is 12.9. The first-order valence-electron chi connectivity index (χ1n) is 6.33. The van der Waals surface area contributed by atoms with E-state index in [1.54, 1.807) is 0 Å². The van der Waals surface area contributed by atoms with Gasteiger partial charge in [-0.15, -0.1) is 0 Å². The average molecular weight is 214 g/mol. The third kappa shape index (κ3) is 4.49. The molecule has 1 rings (SSSR count). The average Bonchev–Trinajstić information content (AvgIpc) is 2.27. The van der Waals surface area contributed by atoms with Crippen LogP contribution in [0.15, 0.2) is 0 Å². The van der Waals surface area contributed by atoms with E-state index in [4.69, 9.17) is 10.5 Å². The molecule has 1 saturated carbocycles. The Kier molecular flexibility index (Phi) is 6.22. The van der Waals surface area contributed by atoms with Crippen molar-refractivity contribution in [3.8, 4) is 0 Å². The Hall–Kier alpha value is -0.120. The van der Waals surface area contributed by atoms with Crippen LogP contribution in [0.2, 0.25) is 0 Å². The minimum Gasteiger partial charge on any atom is -0.377 e. The van der Waals surface area contributed by atoms with Crippen LogP contribution in [0.3, 0.4) is 0 Å². The molecule has 0 radical (unpaired) electrons. The molecular formula is C12H26N2O. The highest BCUT2D eigenvalue weighted by Gasteiger charge is 2.23. The fraction of sp³-hybridized carbons (Fsp3) is 1.00. The maximum atomic E-state index is 5.79. The summed E-state index contributed by atoms with van der Waals surface area (Å²) in [5.74, 6) is 0.674.